The Kier molecular flexibility index (Phi) is 5.78. The van der Waals surface area contributed by atoms with Gasteiger partial charge in [0.1, 0.15) is 0 Å². The largest absolute Gasteiger partial charge is 0.327 e. The molecule has 0 aliphatic heterocycles. The molecule has 0 spiro atoms. The van der Waals surface area contributed by atoms with Crippen LogP contribution < -0.4 is 5.73 Å². The first-order chi connectivity index (χ1) is 8.38. The average molecular weight is 271 g/mol. The summed E-state index contributed by atoms with van der Waals surface area (Å²) in [5, 5.41) is 0. The van der Waals surface area contributed by atoms with Crippen LogP contribution in [-0.2, 0) is 10.1 Å². The minimum Gasteiger partial charge on any atom is -0.327 e. The molecular formula is C13H21NO3S. The molecule has 2 atom stereocenters. The zero-order valence-corrected chi connectivity index (χ0v) is 11.4. The van der Waals surface area contributed by atoms with Crippen LogP contribution in [0, 0.1) is 0 Å². The lowest BCUT2D eigenvalue weighted by Crippen LogP contribution is -2.31. The predicted molar refractivity (Wildman–Crippen MR) is 73.1 cm³/mol. The van der Waals surface area contributed by atoms with E-state index in [0.29, 0.717) is 18.2 Å². The Morgan fingerprint density at radius 3 is 2.17 bits per heavy atom. The molecule has 1 aromatic carbocycles. The third-order valence-corrected chi connectivity index (χ3v) is 3.05. The minimum atomic E-state index is -3.67. The van der Waals surface area contributed by atoms with Crippen LogP contribution in [0.4, 0.5) is 0 Å². The second-order valence-electron chi connectivity index (χ2n) is 4.70. The zero-order valence-electron chi connectivity index (χ0n) is 10.6. The van der Waals surface area contributed by atoms with E-state index < -0.39 is 10.1 Å². The number of benzene rings is 1. The molecule has 5 heteroatoms. The summed E-state index contributed by atoms with van der Waals surface area (Å²) in [6, 6.07) is 11.1. The highest BCUT2D eigenvalue weighted by Gasteiger charge is 2.22. The van der Waals surface area contributed by atoms with Crippen LogP contribution in [-0.4, -0.2) is 25.3 Å². The van der Waals surface area contributed by atoms with Gasteiger partial charge in [-0.15, -0.1) is 0 Å². The van der Waals surface area contributed by atoms with Crippen molar-refractivity contribution >= 4 is 10.1 Å². The van der Waals surface area contributed by atoms with Gasteiger partial charge >= 0.3 is 0 Å². The Morgan fingerprint density at radius 1 is 1.17 bits per heavy atom. The van der Waals surface area contributed by atoms with Gasteiger partial charge in [-0.25, -0.2) is 0 Å². The maximum Gasteiger partial charge on any atom is 0.261 e. The van der Waals surface area contributed by atoms with E-state index in [0.717, 1.165) is 0 Å². The summed E-state index contributed by atoms with van der Waals surface area (Å²) < 4.78 is 25.9. The summed E-state index contributed by atoms with van der Waals surface area (Å²) in [5.41, 5.74) is 7.54. The first-order valence-electron chi connectivity index (χ1n) is 6.11. The molecule has 18 heavy (non-hydrogen) atoms. The van der Waals surface area contributed by atoms with Gasteiger partial charge in [0.15, 0.2) is 0 Å². The second kappa shape index (κ2) is 6.87. The fraction of sp³-hybridized carbons (Fsp3) is 0.538. The number of hydrogen-bond donors (Lipinski definition) is 2. The summed E-state index contributed by atoms with van der Waals surface area (Å²) in [6.45, 7) is 0. The van der Waals surface area contributed by atoms with E-state index in [9.17, 15) is 8.42 Å². The summed E-state index contributed by atoms with van der Waals surface area (Å²) >= 11 is 0. The van der Waals surface area contributed by atoms with Gasteiger partial charge in [-0.1, -0.05) is 43.2 Å². The lowest BCUT2D eigenvalue weighted by Gasteiger charge is -2.28. The van der Waals surface area contributed by atoms with E-state index in [1.165, 1.54) is 31.2 Å². The van der Waals surface area contributed by atoms with Gasteiger partial charge in [-0.2, -0.15) is 8.42 Å². The van der Waals surface area contributed by atoms with E-state index in [-0.39, 0.29) is 0 Å². The van der Waals surface area contributed by atoms with Gasteiger partial charge < -0.3 is 5.73 Å². The van der Waals surface area contributed by atoms with Crippen molar-refractivity contribution in [1.82, 2.24) is 0 Å². The summed E-state index contributed by atoms with van der Waals surface area (Å²) in [7, 11) is -3.67. The van der Waals surface area contributed by atoms with E-state index in [1.807, 2.05) is 0 Å². The quantitative estimate of drug-likeness (QED) is 0.767. The van der Waals surface area contributed by atoms with Crippen LogP contribution in [0.15, 0.2) is 30.3 Å². The van der Waals surface area contributed by atoms with E-state index in [2.05, 4.69) is 30.3 Å². The van der Waals surface area contributed by atoms with Gasteiger partial charge in [-0.3, -0.25) is 4.55 Å². The Morgan fingerprint density at radius 2 is 1.67 bits per heavy atom. The van der Waals surface area contributed by atoms with Crippen LogP contribution in [0.25, 0.3) is 0 Å². The fourth-order valence-electron chi connectivity index (χ4n) is 2.27. The Labute approximate surface area is 109 Å². The molecule has 1 aromatic rings. The van der Waals surface area contributed by atoms with Crippen molar-refractivity contribution in [3.05, 3.63) is 35.9 Å². The molecule has 1 aliphatic carbocycles. The maximum atomic E-state index is 9.19. The third-order valence-electron chi connectivity index (χ3n) is 3.05. The molecule has 1 fully saturated rings. The van der Waals surface area contributed by atoms with Crippen LogP contribution in [0.2, 0.25) is 0 Å². The lowest BCUT2D eigenvalue weighted by molar-refractivity contribution is 0.385. The van der Waals surface area contributed by atoms with Crippen LogP contribution in [0.1, 0.15) is 37.2 Å². The van der Waals surface area contributed by atoms with Crippen molar-refractivity contribution in [3.8, 4) is 0 Å². The van der Waals surface area contributed by atoms with Crippen molar-refractivity contribution < 1.29 is 13.0 Å². The first kappa shape index (κ1) is 15.1. The van der Waals surface area contributed by atoms with Gasteiger partial charge in [0.2, 0.25) is 0 Å². The molecule has 0 bridgehead atoms. The van der Waals surface area contributed by atoms with Crippen molar-refractivity contribution in [1.29, 1.82) is 0 Å². The van der Waals surface area contributed by atoms with Crippen LogP contribution in [0.5, 0.6) is 0 Å². The predicted octanol–water partition coefficient (Wildman–Crippen LogP) is 2.18. The standard InChI is InChI=1S/C12H17N.CH4O3S/c13-12-9-5-4-8-11(12)10-6-2-1-3-7-10;1-5(2,3)4/h1-3,6-7,11-12H,4-5,8-9,13H2;1H3,(H,2,3,4). The Balaban J connectivity index is 0.000000280. The average Bonchev–Trinajstić information content (AvgIpc) is 2.29. The van der Waals surface area contributed by atoms with Gasteiger partial charge in [0, 0.05) is 6.04 Å². The molecule has 0 saturated heterocycles. The zero-order chi connectivity index (χ0) is 13.6. The molecular weight excluding hydrogens is 250 g/mol. The highest BCUT2D eigenvalue weighted by molar-refractivity contribution is 7.85. The van der Waals surface area contributed by atoms with Crippen LogP contribution >= 0.6 is 0 Å². The molecule has 0 amide bonds. The van der Waals surface area contributed by atoms with Gasteiger partial charge in [0.25, 0.3) is 10.1 Å². The molecule has 4 nitrogen and oxygen atoms in total. The second-order valence-corrected chi connectivity index (χ2v) is 6.16. The fourth-order valence-corrected chi connectivity index (χ4v) is 2.27. The number of hydrogen-bond acceptors (Lipinski definition) is 3. The van der Waals surface area contributed by atoms with E-state index >= 15 is 0 Å². The van der Waals surface area contributed by atoms with E-state index in [4.69, 9.17) is 10.3 Å². The molecule has 0 heterocycles. The van der Waals surface area contributed by atoms with Crippen molar-refractivity contribution in [2.75, 3.05) is 6.26 Å². The Bertz CT molecular complexity index is 437. The molecule has 1 aliphatic rings. The maximum absolute atomic E-state index is 9.19. The highest BCUT2D eigenvalue weighted by Crippen LogP contribution is 2.31. The SMILES string of the molecule is CS(=O)(=O)O.NC1CCCCC1c1ccccc1. The van der Waals surface area contributed by atoms with Gasteiger partial charge in [-0.05, 0) is 24.3 Å². The monoisotopic (exact) mass is 271 g/mol. The molecule has 2 rings (SSSR count). The van der Waals surface area contributed by atoms with Crippen molar-refractivity contribution in [2.45, 2.75) is 37.6 Å². The summed E-state index contributed by atoms with van der Waals surface area (Å²) in [6.07, 6.45) is 5.83. The van der Waals surface area contributed by atoms with Crippen molar-refractivity contribution in [3.63, 3.8) is 0 Å². The summed E-state index contributed by atoms with van der Waals surface area (Å²) in [5.74, 6) is 0.606. The molecule has 0 radical (unpaired) electrons. The smallest absolute Gasteiger partial charge is 0.261 e. The molecule has 3 N–H and O–H groups in total. The Hall–Kier alpha value is -0.910. The third kappa shape index (κ3) is 6.14. The number of rotatable bonds is 1. The topological polar surface area (TPSA) is 80.4 Å². The molecule has 1 saturated carbocycles. The number of nitrogens with two attached hydrogens (primary N) is 1. The first-order valence-corrected chi connectivity index (χ1v) is 7.95. The van der Waals surface area contributed by atoms with Crippen LogP contribution in [0.3, 0.4) is 0 Å². The minimum absolute atomic E-state index is 0.385. The van der Waals surface area contributed by atoms with Gasteiger partial charge in [0.05, 0.1) is 6.26 Å². The van der Waals surface area contributed by atoms with Crippen molar-refractivity contribution in [2.24, 2.45) is 5.73 Å². The highest BCUT2D eigenvalue weighted by atomic mass is 32.2. The molecule has 0 aromatic heterocycles. The summed E-state index contributed by atoms with van der Waals surface area (Å²) in [4.78, 5) is 0. The lowest BCUT2D eigenvalue weighted by atomic mass is 9.80. The molecule has 102 valence electrons. The molecule has 2 unspecified atom stereocenters. The normalized spacial score (nSPS) is 23.9. The van der Waals surface area contributed by atoms with E-state index in [1.54, 1.807) is 0 Å².